The number of H-pyrrole nitrogens is 1. The summed E-state index contributed by atoms with van der Waals surface area (Å²) in [6, 6.07) is 9.21. The molecule has 0 spiro atoms. The van der Waals surface area contributed by atoms with Gasteiger partial charge < -0.3 is 9.47 Å². The maximum absolute atomic E-state index is 8.49. The summed E-state index contributed by atoms with van der Waals surface area (Å²) in [6.45, 7) is 0.764. The lowest BCUT2D eigenvalue weighted by molar-refractivity contribution is 0.102. The minimum absolute atomic E-state index is 0.0301. The molecule has 0 saturated carbocycles. The zero-order chi connectivity index (χ0) is 16.1. The number of benzene rings is 1. The predicted octanol–water partition coefficient (Wildman–Crippen LogP) is 2.58. The summed E-state index contributed by atoms with van der Waals surface area (Å²) in [5, 5.41) is 19.8. The van der Waals surface area contributed by atoms with E-state index in [0.29, 0.717) is 16.3 Å². The third-order valence-corrected chi connectivity index (χ3v) is 3.66. The standard InChI is InChI=1S/C15H15N5O2S/c16-7-9-21-12-5-3-11(4-6-12)10-17-20-14(18-19-15(20)23)13-2-1-8-22-13/h3-6,10,13H,1-2,8-9H2,(H,19,23)/b17-10-/t13-/m0/s1. The van der Waals surface area contributed by atoms with Crippen LogP contribution in [-0.2, 0) is 4.74 Å². The Bertz CT molecular complexity index is 781. The van der Waals surface area contributed by atoms with Crippen molar-refractivity contribution in [2.75, 3.05) is 13.2 Å². The van der Waals surface area contributed by atoms with Gasteiger partial charge in [-0.25, -0.2) is 0 Å². The van der Waals surface area contributed by atoms with Gasteiger partial charge in [0, 0.05) is 6.61 Å². The van der Waals surface area contributed by atoms with Crippen LogP contribution in [0.3, 0.4) is 0 Å². The van der Waals surface area contributed by atoms with Crippen LogP contribution in [0.25, 0.3) is 0 Å². The lowest BCUT2D eigenvalue weighted by Gasteiger charge is -2.07. The molecular formula is C15H15N5O2S. The van der Waals surface area contributed by atoms with Gasteiger partial charge in [0.25, 0.3) is 0 Å². The van der Waals surface area contributed by atoms with Crippen LogP contribution in [-0.4, -0.2) is 34.3 Å². The van der Waals surface area contributed by atoms with Crippen LogP contribution in [0.5, 0.6) is 5.75 Å². The first-order valence-electron chi connectivity index (χ1n) is 7.21. The summed E-state index contributed by atoms with van der Waals surface area (Å²) in [7, 11) is 0. The molecule has 1 atom stereocenters. The molecule has 0 radical (unpaired) electrons. The SMILES string of the molecule is N#CCOc1ccc(/C=N\n2c([C@@H]3CCCO3)n[nH]c2=S)cc1. The molecule has 2 aromatic rings. The van der Waals surface area contributed by atoms with E-state index < -0.39 is 0 Å². The quantitative estimate of drug-likeness (QED) is 0.673. The number of rotatable bonds is 5. The van der Waals surface area contributed by atoms with Crippen LogP contribution in [0.15, 0.2) is 29.4 Å². The fourth-order valence-electron chi connectivity index (χ4n) is 2.30. The van der Waals surface area contributed by atoms with Crippen molar-refractivity contribution in [1.82, 2.24) is 14.9 Å². The third kappa shape index (κ3) is 3.64. The van der Waals surface area contributed by atoms with Crippen molar-refractivity contribution in [1.29, 1.82) is 5.26 Å². The fraction of sp³-hybridized carbons (Fsp3) is 0.333. The molecule has 0 unspecified atom stereocenters. The van der Waals surface area contributed by atoms with Gasteiger partial charge in [0.1, 0.15) is 17.9 Å². The van der Waals surface area contributed by atoms with Crippen molar-refractivity contribution >= 4 is 18.4 Å². The molecular weight excluding hydrogens is 314 g/mol. The molecule has 7 nitrogen and oxygen atoms in total. The van der Waals surface area contributed by atoms with Crippen LogP contribution in [0, 0.1) is 16.1 Å². The maximum Gasteiger partial charge on any atom is 0.216 e. The summed E-state index contributed by atoms with van der Waals surface area (Å²) < 4.78 is 12.9. The number of nitrogens with zero attached hydrogens (tertiary/aromatic N) is 4. The summed E-state index contributed by atoms with van der Waals surface area (Å²) in [4.78, 5) is 0. The highest BCUT2D eigenvalue weighted by Crippen LogP contribution is 2.26. The number of aromatic nitrogens is 3. The lowest BCUT2D eigenvalue weighted by Crippen LogP contribution is -2.05. The Balaban J connectivity index is 1.76. The molecule has 1 saturated heterocycles. The third-order valence-electron chi connectivity index (χ3n) is 3.40. The van der Waals surface area contributed by atoms with Crippen molar-refractivity contribution in [3.63, 3.8) is 0 Å². The first kappa shape index (κ1) is 15.4. The monoisotopic (exact) mass is 329 g/mol. The highest BCUT2D eigenvalue weighted by molar-refractivity contribution is 7.71. The Morgan fingerprint density at radius 1 is 1.52 bits per heavy atom. The Hall–Kier alpha value is -2.50. The lowest BCUT2D eigenvalue weighted by atomic mass is 10.2. The molecule has 1 N–H and O–H groups in total. The second-order valence-corrected chi connectivity index (χ2v) is 5.35. The molecule has 1 aliphatic heterocycles. The molecule has 1 fully saturated rings. The van der Waals surface area contributed by atoms with E-state index in [1.54, 1.807) is 23.0 Å². The van der Waals surface area contributed by atoms with E-state index in [-0.39, 0.29) is 12.7 Å². The van der Waals surface area contributed by atoms with Crippen LogP contribution in [0.2, 0.25) is 0 Å². The average Bonchev–Trinajstić information content (AvgIpc) is 3.21. The van der Waals surface area contributed by atoms with Crippen molar-refractivity contribution in [3.8, 4) is 11.8 Å². The highest BCUT2D eigenvalue weighted by atomic mass is 32.1. The highest BCUT2D eigenvalue weighted by Gasteiger charge is 2.23. The molecule has 118 valence electrons. The number of ether oxygens (including phenoxy) is 2. The minimum Gasteiger partial charge on any atom is -0.479 e. The zero-order valence-electron chi connectivity index (χ0n) is 12.3. The summed E-state index contributed by atoms with van der Waals surface area (Å²) in [5.41, 5.74) is 0.885. The molecule has 23 heavy (non-hydrogen) atoms. The first-order valence-corrected chi connectivity index (χ1v) is 7.62. The van der Waals surface area contributed by atoms with E-state index in [4.69, 9.17) is 27.0 Å². The van der Waals surface area contributed by atoms with E-state index in [9.17, 15) is 0 Å². The van der Waals surface area contributed by atoms with E-state index in [1.807, 2.05) is 18.2 Å². The van der Waals surface area contributed by atoms with Gasteiger partial charge >= 0.3 is 0 Å². The van der Waals surface area contributed by atoms with Crippen molar-refractivity contribution in [3.05, 3.63) is 40.4 Å². The Morgan fingerprint density at radius 3 is 3.04 bits per heavy atom. The van der Waals surface area contributed by atoms with Crippen LogP contribution >= 0.6 is 12.2 Å². The average molecular weight is 329 g/mol. The minimum atomic E-state index is -0.0677. The van der Waals surface area contributed by atoms with Crippen LogP contribution in [0.1, 0.15) is 30.3 Å². The van der Waals surface area contributed by atoms with Gasteiger partial charge in [-0.2, -0.15) is 20.1 Å². The van der Waals surface area contributed by atoms with E-state index in [0.717, 1.165) is 25.0 Å². The molecule has 0 bridgehead atoms. The van der Waals surface area contributed by atoms with E-state index in [1.165, 1.54) is 0 Å². The molecule has 3 rings (SSSR count). The van der Waals surface area contributed by atoms with Crippen LogP contribution in [0.4, 0.5) is 0 Å². The summed E-state index contributed by atoms with van der Waals surface area (Å²) >= 11 is 5.22. The van der Waals surface area contributed by atoms with Crippen molar-refractivity contribution in [2.24, 2.45) is 5.10 Å². The molecule has 2 heterocycles. The second kappa shape index (κ2) is 7.17. The van der Waals surface area contributed by atoms with Gasteiger partial charge in [0.05, 0.1) is 6.21 Å². The molecule has 1 aromatic heterocycles. The van der Waals surface area contributed by atoms with E-state index in [2.05, 4.69) is 15.3 Å². The fourth-order valence-corrected chi connectivity index (χ4v) is 2.48. The Morgan fingerprint density at radius 2 is 2.35 bits per heavy atom. The Kier molecular flexibility index (Phi) is 4.80. The normalized spacial score (nSPS) is 17.4. The molecule has 8 heteroatoms. The first-order chi connectivity index (χ1) is 11.3. The van der Waals surface area contributed by atoms with Gasteiger partial charge in [-0.05, 0) is 54.9 Å². The maximum atomic E-state index is 8.49. The van der Waals surface area contributed by atoms with Gasteiger partial charge in [-0.15, -0.1) is 0 Å². The van der Waals surface area contributed by atoms with Gasteiger partial charge in [0.2, 0.25) is 4.77 Å². The number of nitriles is 1. The van der Waals surface area contributed by atoms with Crippen molar-refractivity contribution < 1.29 is 9.47 Å². The van der Waals surface area contributed by atoms with Gasteiger partial charge in [-0.3, -0.25) is 5.10 Å². The predicted molar refractivity (Wildman–Crippen MR) is 85.9 cm³/mol. The van der Waals surface area contributed by atoms with Crippen molar-refractivity contribution in [2.45, 2.75) is 18.9 Å². The van der Waals surface area contributed by atoms with Crippen LogP contribution < -0.4 is 4.74 Å². The molecule has 1 aliphatic rings. The molecule has 0 amide bonds. The smallest absolute Gasteiger partial charge is 0.216 e. The summed E-state index contributed by atoms with van der Waals surface area (Å²) in [5.74, 6) is 1.33. The number of aromatic amines is 1. The van der Waals surface area contributed by atoms with Gasteiger partial charge in [-0.1, -0.05) is 0 Å². The van der Waals surface area contributed by atoms with Gasteiger partial charge in [0.15, 0.2) is 12.4 Å². The Labute approximate surface area is 138 Å². The molecule has 1 aromatic carbocycles. The zero-order valence-corrected chi connectivity index (χ0v) is 13.1. The van der Waals surface area contributed by atoms with E-state index >= 15 is 0 Å². The number of hydrogen-bond donors (Lipinski definition) is 1. The topological polar surface area (TPSA) is 88.2 Å². The number of hydrogen-bond acceptors (Lipinski definition) is 6. The largest absolute Gasteiger partial charge is 0.479 e. The molecule has 0 aliphatic carbocycles. The number of nitrogens with one attached hydrogen (secondary N) is 1. The summed E-state index contributed by atoms with van der Waals surface area (Å²) in [6.07, 6.45) is 3.55. The second-order valence-electron chi connectivity index (χ2n) is 4.96.